The van der Waals surface area contributed by atoms with Gasteiger partial charge in [-0.15, -0.1) is 0 Å². The first-order valence-corrected chi connectivity index (χ1v) is 9.32. The lowest BCUT2D eigenvalue weighted by Crippen LogP contribution is -2.43. The molecule has 0 aliphatic carbocycles. The highest BCUT2D eigenvalue weighted by molar-refractivity contribution is 6.02. The lowest BCUT2D eigenvalue weighted by atomic mass is 10.1. The van der Waals surface area contributed by atoms with Crippen LogP contribution in [-0.2, 0) is 4.79 Å². The number of aromatic nitrogens is 2. The number of likely N-dealkylation sites (tertiary alicyclic amines) is 1. The van der Waals surface area contributed by atoms with Gasteiger partial charge in [0.25, 0.3) is 5.91 Å². The van der Waals surface area contributed by atoms with Gasteiger partial charge in [-0.25, -0.2) is 4.68 Å². The van der Waals surface area contributed by atoms with Gasteiger partial charge in [-0.2, -0.15) is 5.10 Å². The van der Waals surface area contributed by atoms with Crippen molar-refractivity contribution in [2.24, 2.45) is 0 Å². The standard InChI is InChI=1S/C21H22N4O3/c1-14-12-18(15(2)28-14)21(27)24-10-4-8-19(24)20(26)23-16-6-3-7-17(13-16)25-11-5-9-22-25/h3,5-7,9,11-13,19H,4,8,10H2,1-2H3,(H,23,26). The molecular weight excluding hydrogens is 356 g/mol. The van der Waals surface area contributed by atoms with E-state index in [9.17, 15) is 9.59 Å². The molecule has 2 amide bonds. The number of nitrogens with zero attached hydrogens (tertiary/aromatic N) is 3. The molecule has 144 valence electrons. The minimum absolute atomic E-state index is 0.155. The molecule has 7 heteroatoms. The van der Waals surface area contributed by atoms with Crippen LogP contribution in [0.3, 0.4) is 0 Å². The monoisotopic (exact) mass is 378 g/mol. The number of anilines is 1. The Hall–Kier alpha value is -3.35. The Kier molecular flexibility index (Phi) is 4.73. The first-order chi connectivity index (χ1) is 13.5. The average Bonchev–Trinajstić information content (AvgIpc) is 3.42. The normalized spacial score (nSPS) is 16.4. The van der Waals surface area contributed by atoms with Gasteiger partial charge < -0.3 is 14.6 Å². The van der Waals surface area contributed by atoms with Crippen LogP contribution in [0.15, 0.2) is 53.2 Å². The van der Waals surface area contributed by atoms with Gasteiger partial charge in [-0.3, -0.25) is 9.59 Å². The third-order valence-electron chi connectivity index (χ3n) is 4.97. The topological polar surface area (TPSA) is 80.4 Å². The maximum absolute atomic E-state index is 12.9. The molecule has 1 aliphatic heterocycles. The molecule has 4 rings (SSSR count). The molecule has 1 saturated heterocycles. The van der Waals surface area contributed by atoms with Crippen LogP contribution in [0, 0.1) is 13.8 Å². The summed E-state index contributed by atoms with van der Waals surface area (Å²) in [5.41, 5.74) is 2.05. The van der Waals surface area contributed by atoms with Crippen LogP contribution in [0.4, 0.5) is 5.69 Å². The highest BCUT2D eigenvalue weighted by atomic mass is 16.3. The van der Waals surface area contributed by atoms with Gasteiger partial charge >= 0.3 is 0 Å². The van der Waals surface area contributed by atoms with Crippen LogP contribution in [0.2, 0.25) is 0 Å². The predicted octanol–water partition coefficient (Wildman–Crippen LogP) is 3.33. The second-order valence-corrected chi connectivity index (χ2v) is 6.97. The Bertz CT molecular complexity index is 1010. The first-order valence-electron chi connectivity index (χ1n) is 9.32. The van der Waals surface area contributed by atoms with Crippen LogP contribution in [0.5, 0.6) is 0 Å². The van der Waals surface area contributed by atoms with E-state index in [1.165, 1.54) is 0 Å². The van der Waals surface area contributed by atoms with Crippen molar-refractivity contribution in [1.29, 1.82) is 0 Å². The van der Waals surface area contributed by atoms with E-state index in [1.54, 1.807) is 28.8 Å². The molecular formula is C21H22N4O3. The van der Waals surface area contributed by atoms with E-state index in [0.717, 1.165) is 12.1 Å². The Labute approximate surface area is 162 Å². The molecule has 2 aromatic heterocycles. The largest absolute Gasteiger partial charge is 0.466 e. The second-order valence-electron chi connectivity index (χ2n) is 6.97. The number of amides is 2. The van der Waals surface area contributed by atoms with E-state index in [0.29, 0.717) is 35.7 Å². The molecule has 3 heterocycles. The summed E-state index contributed by atoms with van der Waals surface area (Å²) in [5.74, 6) is 0.940. The molecule has 1 N–H and O–H groups in total. The molecule has 3 aromatic rings. The van der Waals surface area contributed by atoms with Gasteiger partial charge in [0.15, 0.2) is 0 Å². The number of aryl methyl sites for hydroxylation is 2. The maximum atomic E-state index is 12.9. The fourth-order valence-electron chi connectivity index (χ4n) is 3.65. The summed E-state index contributed by atoms with van der Waals surface area (Å²) in [6.45, 7) is 4.14. The van der Waals surface area contributed by atoms with Crippen molar-refractivity contribution < 1.29 is 14.0 Å². The van der Waals surface area contributed by atoms with Crippen LogP contribution in [0.25, 0.3) is 5.69 Å². The molecule has 0 spiro atoms. The minimum atomic E-state index is -0.490. The SMILES string of the molecule is Cc1cc(C(=O)N2CCCC2C(=O)Nc2cccc(-n3cccn3)c2)c(C)o1. The van der Waals surface area contributed by atoms with Crippen molar-refractivity contribution in [2.75, 3.05) is 11.9 Å². The third kappa shape index (κ3) is 3.43. The number of hydrogen-bond acceptors (Lipinski definition) is 4. The molecule has 0 saturated carbocycles. The molecule has 1 fully saturated rings. The smallest absolute Gasteiger partial charge is 0.258 e. The number of nitrogens with one attached hydrogen (secondary N) is 1. The number of furan rings is 1. The number of hydrogen-bond donors (Lipinski definition) is 1. The highest BCUT2D eigenvalue weighted by Crippen LogP contribution is 2.25. The summed E-state index contributed by atoms with van der Waals surface area (Å²) in [7, 11) is 0. The van der Waals surface area contributed by atoms with Crippen molar-refractivity contribution >= 4 is 17.5 Å². The number of carbonyl (C=O) groups excluding carboxylic acids is 2. The van der Waals surface area contributed by atoms with E-state index in [4.69, 9.17) is 4.42 Å². The zero-order valence-corrected chi connectivity index (χ0v) is 15.9. The predicted molar refractivity (Wildman–Crippen MR) is 104 cm³/mol. The fourth-order valence-corrected chi connectivity index (χ4v) is 3.65. The summed E-state index contributed by atoms with van der Waals surface area (Å²) in [4.78, 5) is 27.5. The van der Waals surface area contributed by atoms with Gasteiger partial charge in [0.05, 0.1) is 11.3 Å². The van der Waals surface area contributed by atoms with E-state index >= 15 is 0 Å². The van der Waals surface area contributed by atoms with Crippen molar-refractivity contribution in [1.82, 2.24) is 14.7 Å². The van der Waals surface area contributed by atoms with Crippen LogP contribution in [0.1, 0.15) is 34.7 Å². The number of rotatable bonds is 4. The molecule has 0 radical (unpaired) electrons. The van der Waals surface area contributed by atoms with Gasteiger partial charge in [-0.1, -0.05) is 6.07 Å². The Morgan fingerprint density at radius 3 is 2.79 bits per heavy atom. The van der Waals surface area contributed by atoms with Crippen molar-refractivity contribution in [3.63, 3.8) is 0 Å². The second kappa shape index (κ2) is 7.34. The van der Waals surface area contributed by atoms with E-state index in [2.05, 4.69) is 10.4 Å². The molecule has 1 atom stereocenters. The van der Waals surface area contributed by atoms with Gasteiger partial charge in [-0.05, 0) is 57.0 Å². The summed E-state index contributed by atoms with van der Waals surface area (Å²) in [6, 6.07) is 10.5. The van der Waals surface area contributed by atoms with Crippen molar-refractivity contribution in [3.8, 4) is 5.69 Å². The minimum Gasteiger partial charge on any atom is -0.466 e. The van der Waals surface area contributed by atoms with E-state index < -0.39 is 6.04 Å². The Balaban J connectivity index is 1.50. The zero-order chi connectivity index (χ0) is 19.7. The van der Waals surface area contributed by atoms with Crippen LogP contribution >= 0.6 is 0 Å². The maximum Gasteiger partial charge on any atom is 0.258 e. The van der Waals surface area contributed by atoms with Crippen molar-refractivity contribution in [2.45, 2.75) is 32.7 Å². The number of carbonyl (C=O) groups is 2. The van der Waals surface area contributed by atoms with Gasteiger partial charge in [0.1, 0.15) is 17.6 Å². The Morgan fingerprint density at radius 2 is 2.07 bits per heavy atom. The quantitative estimate of drug-likeness (QED) is 0.755. The summed E-state index contributed by atoms with van der Waals surface area (Å²) in [6.07, 6.45) is 4.99. The van der Waals surface area contributed by atoms with Crippen molar-refractivity contribution in [3.05, 3.63) is 65.9 Å². The van der Waals surface area contributed by atoms with Gasteiger partial charge in [0.2, 0.25) is 5.91 Å². The Morgan fingerprint density at radius 1 is 1.21 bits per heavy atom. The highest BCUT2D eigenvalue weighted by Gasteiger charge is 2.35. The molecule has 1 aromatic carbocycles. The average molecular weight is 378 g/mol. The van der Waals surface area contributed by atoms with E-state index in [1.807, 2.05) is 43.5 Å². The van der Waals surface area contributed by atoms with E-state index in [-0.39, 0.29) is 11.8 Å². The van der Waals surface area contributed by atoms with Gasteiger partial charge in [0, 0.05) is 24.6 Å². The summed E-state index contributed by atoms with van der Waals surface area (Å²) in [5, 5.41) is 7.15. The lowest BCUT2D eigenvalue weighted by molar-refractivity contribution is -0.119. The van der Waals surface area contributed by atoms with Crippen LogP contribution in [-0.4, -0.2) is 39.1 Å². The molecule has 1 unspecified atom stereocenters. The molecule has 1 aliphatic rings. The molecule has 7 nitrogen and oxygen atoms in total. The van der Waals surface area contributed by atoms with Crippen LogP contribution < -0.4 is 5.32 Å². The molecule has 28 heavy (non-hydrogen) atoms. The number of benzene rings is 1. The fraction of sp³-hybridized carbons (Fsp3) is 0.286. The third-order valence-corrected chi connectivity index (χ3v) is 4.97. The first kappa shape index (κ1) is 18.0. The summed E-state index contributed by atoms with van der Waals surface area (Å²) >= 11 is 0. The lowest BCUT2D eigenvalue weighted by Gasteiger charge is -2.24. The molecule has 0 bridgehead atoms. The zero-order valence-electron chi connectivity index (χ0n) is 15.9. The summed E-state index contributed by atoms with van der Waals surface area (Å²) < 4.78 is 7.21.